The summed E-state index contributed by atoms with van der Waals surface area (Å²) < 4.78 is 5.68. The summed E-state index contributed by atoms with van der Waals surface area (Å²) in [4.78, 5) is 28.9. The smallest absolute Gasteiger partial charge is 0.222 e. The molecule has 142 valence electrons. The molecular formula is C20H34N2O3. The number of morpholine rings is 1. The Morgan fingerprint density at radius 2 is 1.44 bits per heavy atom. The molecule has 0 spiro atoms. The van der Waals surface area contributed by atoms with Crippen molar-refractivity contribution in [3.05, 3.63) is 0 Å². The lowest BCUT2D eigenvalue weighted by atomic mass is 9.75. The molecule has 4 unspecified atom stereocenters. The lowest BCUT2D eigenvalue weighted by Crippen LogP contribution is -2.48. The van der Waals surface area contributed by atoms with Crippen LogP contribution < -0.4 is 0 Å². The fraction of sp³-hybridized carbons (Fsp3) is 0.900. The summed E-state index contributed by atoms with van der Waals surface area (Å²) in [5.74, 6) is 2.00. The second-order valence-corrected chi connectivity index (χ2v) is 8.34. The number of likely N-dealkylation sites (tertiary alicyclic amines) is 1. The van der Waals surface area contributed by atoms with Gasteiger partial charge in [0.25, 0.3) is 0 Å². The number of hydrogen-bond acceptors (Lipinski definition) is 3. The molecule has 3 aliphatic rings. The van der Waals surface area contributed by atoms with Gasteiger partial charge in [0.05, 0.1) is 12.2 Å². The number of carbonyl (C=O) groups excluding carboxylic acids is 2. The third-order valence-electron chi connectivity index (χ3n) is 6.20. The van der Waals surface area contributed by atoms with Gasteiger partial charge in [-0.15, -0.1) is 0 Å². The lowest BCUT2D eigenvalue weighted by molar-refractivity contribution is -0.143. The van der Waals surface area contributed by atoms with Crippen LogP contribution in [-0.2, 0) is 14.3 Å². The van der Waals surface area contributed by atoms with E-state index in [-0.39, 0.29) is 24.0 Å². The molecule has 0 radical (unpaired) electrons. The molecule has 1 saturated carbocycles. The first-order valence-electron chi connectivity index (χ1n) is 10.2. The third-order valence-corrected chi connectivity index (χ3v) is 6.20. The molecule has 25 heavy (non-hydrogen) atoms. The molecule has 2 saturated heterocycles. The molecule has 0 bridgehead atoms. The average Bonchev–Trinajstić information content (AvgIpc) is 2.60. The maximum absolute atomic E-state index is 12.5. The third kappa shape index (κ3) is 4.96. The molecule has 0 aromatic rings. The molecule has 5 nitrogen and oxygen atoms in total. The molecule has 4 atom stereocenters. The standard InChI is InChI=1S/C20H34N2O3/c1-15-12-22(13-16(2)25-15)20(24)9-5-8-19(23)21-11-10-17-6-3-4-7-18(17)14-21/h15-18H,3-14H2,1-2H3. The Bertz CT molecular complexity index is 472. The minimum absolute atomic E-state index is 0.103. The van der Waals surface area contributed by atoms with Crippen LogP contribution in [0.25, 0.3) is 0 Å². The van der Waals surface area contributed by atoms with E-state index in [1.165, 1.54) is 32.1 Å². The van der Waals surface area contributed by atoms with Gasteiger partial charge in [-0.2, -0.15) is 0 Å². The molecule has 2 aliphatic heterocycles. The van der Waals surface area contributed by atoms with Crippen LogP contribution in [0.4, 0.5) is 0 Å². The first-order chi connectivity index (χ1) is 12.0. The van der Waals surface area contributed by atoms with Gasteiger partial charge in [0, 0.05) is 39.0 Å². The van der Waals surface area contributed by atoms with Crippen molar-refractivity contribution in [2.45, 2.75) is 77.4 Å². The normalized spacial score (nSPS) is 33.0. The maximum Gasteiger partial charge on any atom is 0.222 e. The molecule has 2 heterocycles. The van der Waals surface area contributed by atoms with Gasteiger partial charge in [0.1, 0.15) is 0 Å². The molecule has 0 aromatic carbocycles. The van der Waals surface area contributed by atoms with Gasteiger partial charge in [-0.05, 0) is 44.9 Å². The van der Waals surface area contributed by atoms with Crippen molar-refractivity contribution in [1.29, 1.82) is 0 Å². The molecule has 2 amide bonds. The van der Waals surface area contributed by atoms with E-state index in [0.717, 1.165) is 24.9 Å². The summed E-state index contributed by atoms with van der Waals surface area (Å²) in [6, 6.07) is 0. The van der Waals surface area contributed by atoms with E-state index in [0.29, 0.717) is 32.4 Å². The first-order valence-corrected chi connectivity index (χ1v) is 10.2. The minimum Gasteiger partial charge on any atom is -0.372 e. The van der Waals surface area contributed by atoms with Crippen molar-refractivity contribution >= 4 is 11.8 Å². The van der Waals surface area contributed by atoms with Crippen molar-refractivity contribution in [3.63, 3.8) is 0 Å². The largest absolute Gasteiger partial charge is 0.372 e. The van der Waals surface area contributed by atoms with Crippen molar-refractivity contribution in [3.8, 4) is 0 Å². The van der Waals surface area contributed by atoms with Crippen molar-refractivity contribution in [1.82, 2.24) is 9.80 Å². The highest BCUT2D eigenvalue weighted by molar-refractivity contribution is 5.79. The predicted octanol–water partition coefficient (Wildman–Crippen LogP) is 2.83. The van der Waals surface area contributed by atoms with E-state index in [9.17, 15) is 9.59 Å². The number of fused-ring (bicyclic) bond motifs is 1. The van der Waals surface area contributed by atoms with Gasteiger partial charge < -0.3 is 14.5 Å². The van der Waals surface area contributed by atoms with E-state index >= 15 is 0 Å². The maximum atomic E-state index is 12.5. The number of piperidine rings is 1. The van der Waals surface area contributed by atoms with Gasteiger partial charge in [0.2, 0.25) is 11.8 Å². The lowest BCUT2D eigenvalue weighted by Gasteiger charge is -2.41. The topological polar surface area (TPSA) is 49.9 Å². The van der Waals surface area contributed by atoms with Crippen molar-refractivity contribution in [2.75, 3.05) is 26.2 Å². The van der Waals surface area contributed by atoms with Crippen molar-refractivity contribution in [2.24, 2.45) is 11.8 Å². The van der Waals surface area contributed by atoms with E-state index < -0.39 is 0 Å². The number of hydrogen-bond donors (Lipinski definition) is 0. The van der Waals surface area contributed by atoms with Crippen molar-refractivity contribution < 1.29 is 14.3 Å². The van der Waals surface area contributed by atoms with Crippen LogP contribution in [0.5, 0.6) is 0 Å². The summed E-state index contributed by atoms with van der Waals surface area (Å²) in [6.45, 7) is 7.24. The van der Waals surface area contributed by atoms with Gasteiger partial charge >= 0.3 is 0 Å². The molecular weight excluding hydrogens is 316 g/mol. The van der Waals surface area contributed by atoms with E-state index in [1.54, 1.807) is 0 Å². The van der Waals surface area contributed by atoms with E-state index in [2.05, 4.69) is 4.90 Å². The van der Waals surface area contributed by atoms with Gasteiger partial charge in [-0.3, -0.25) is 9.59 Å². The number of carbonyl (C=O) groups is 2. The monoisotopic (exact) mass is 350 g/mol. The van der Waals surface area contributed by atoms with Crippen LogP contribution in [0.15, 0.2) is 0 Å². The second-order valence-electron chi connectivity index (χ2n) is 8.34. The first kappa shape index (κ1) is 18.7. The highest BCUT2D eigenvalue weighted by Crippen LogP contribution is 2.36. The van der Waals surface area contributed by atoms with Crippen LogP contribution in [0, 0.1) is 11.8 Å². The number of ether oxygens (including phenoxy) is 1. The van der Waals surface area contributed by atoms with Crippen LogP contribution >= 0.6 is 0 Å². The van der Waals surface area contributed by atoms with Gasteiger partial charge in [-0.1, -0.05) is 19.3 Å². The minimum atomic E-state index is 0.103. The summed E-state index contributed by atoms with van der Waals surface area (Å²) in [5.41, 5.74) is 0. The molecule has 5 heteroatoms. The van der Waals surface area contributed by atoms with Gasteiger partial charge in [-0.25, -0.2) is 0 Å². The second kappa shape index (κ2) is 8.52. The average molecular weight is 351 g/mol. The predicted molar refractivity (Wildman–Crippen MR) is 97.1 cm³/mol. The summed E-state index contributed by atoms with van der Waals surface area (Å²) in [6.07, 6.45) is 8.39. The number of rotatable bonds is 4. The highest BCUT2D eigenvalue weighted by Gasteiger charge is 2.32. The fourth-order valence-electron chi connectivity index (χ4n) is 4.92. The number of nitrogens with zero attached hydrogens (tertiary/aromatic N) is 2. The Labute approximate surface area is 152 Å². The van der Waals surface area contributed by atoms with Crippen LogP contribution in [-0.4, -0.2) is 60.0 Å². The van der Waals surface area contributed by atoms with Crippen LogP contribution in [0.1, 0.15) is 65.2 Å². The Morgan fingerprint density at radius 1 is 0.840 bits per heavy atom. The molecule has 3 rings (SSSR count). The zero-order chi connectivity index (χ0) is 17.8. The summed E-state index contributed by atoms with van der Waals surface area (Å²) in [7, 11) is 0. The highest BCUT2D eigenvalue weighted by atomic mass is 16.5. The molecule has 3 fully saturated rings. The SMILES string of the molecule is CC1CN(C(=O)CCCC(=O)N2CCC3CCCCC3C2)CC(C)O1. The molecule has 0 aromatic heterocycles. The molecule has 0 N–H and O–H groups in total. The zero-order valence-corrected chi connectivity index (χ0v) is 15.9. The Kier molecular flexibility index (Phi) is 6.37. The molecule has 1 aliphatic carbocycles. The number of amides is 2. The zero-order valence-electron chi connectivity index (χ0n) is 15.9. The Balaban J connectivity index is 1.38. The Hall–Kier alpha value is -1.10. The fourth-order valence-corrected chi connectivity index (χ4v) is 4.92. The summed E-state index contributed by atoms with van der Waals surface area (Å²) >= 11 is 0. The summed E-state index contributed by atoms with van der Waals surface area (Å²) in [5, 5.41) is 0. The van der Waals surface area contributed by atoms with Gasteiger partial charge in [0.15, 0.2) is 0 Å². The van der Waals surface area contributed by atoms with Crippen LogP contribution in [0.2, 0.25) is 0 Å². The Morgan fingerprint density at radius 3 is 2.12 bits per heavy atom. The quantitative estimate of drug-likeness (QED) is 0.783. The van der Waals surface area contributed by atoms with E-state index in [1.807, 2.05) is 18.7 Å². The van der Waals surface area contributed by atoms with E-state index in [4.69, 9.17) is 4.74 Å². The van der Waals surface area contributed by atoms with Crippen LogP contribution in [0.3, 0.4) is 0 Å².